The van der Waals surface area contributed by atoms with Crippen LogP contribution in [0.15, 0.2) is 24.3 Å². The topological polar surface area (TPSA) is 40.5 Å². The Balaban J connectivity index is 2.78. The van der Waals surface area contributed by atoms with Crippen LogP contribution in [0.4, 0.5) is 0 Å². The monoisotopic (exact) mass is 234 g/mol. The molecule has 0 heterocycles. The first kappa shape index (κ1) is 13.8. The predicted octanol–water partition coefficient (Wildman–Crippen LogP) is 3.72. The number of aromatic hydroxyl groups is 1. The SMILES string of the molecule is C/C(=C\CCC(C)C)c1ccc(CO)cc1O. The Bertz CT molecular complexity index is 392. The van der Waals surface area contributed by atoms with Gasteiger partial charge in [-0.15, -0.1) is 0 Å². The lowest BCUT2D eigenvalue weighted by Crippen LogP contribution is -1.88. The van der Waals surface area contributed by atoms with E-state index in [-0.39, 0.29) is 12.4 Å². The van der Waals surface area contributed by atoms with Gasteiger partial charge in [-0.25, -0.2) is 0 Å². The van der Waals surface area contributed by atoms with Gasteiger partial charge in [0.2, 0.25) is 0 Å². The number of allylic oxidation sites excluding steroid dienone is 2. The Morgan fingerprint density at radius 2 is 2.06 bits per heavy atom. The Labute approximate surface area is 104 Å². The van der Waals surface area contributed by atoms with Gasteiger partial charge in [0.1, 0.15) is 5.75 Å². The lowest BCUT2D eigenvalue weighted by Gasteiger charge is -2.07. The van der Waals surface area contributed by atoms with E-state index in [0.717, 1.165) is 29.5 Å². The summed E-state index contributed by atoms with van der Waals surface area (Å²) in [5.41, 5.74) is 2.68. The van der Waals surface area contributed by atoms with Gasteiger partial charge in [-0.2, -0.15) is 0 Å². The van der Waals surface area contributed by atoms with E-state index in [1.807, 2.05) is 19.1 Å². The molecule has 0 aromatic heterocycles. The van der Waals surface area contributed by atoms with Crippen LogP contribution in [-0.4, -0.2) is 10.2 Å². The molecule has 0 spiro atoms. The molecular weight excluding hydrogens is 212 g/mol. The van der Waals surface area contributed by atoms with Crippen molar-refractivity contribution in [2.24, 2.45) is 5.92 Å². The summed E-state index contributed by atoms with van der Waals surface area (Å²) in [6.07, 6.45) is 4.35. The van der Waals surface area contributed by atoms with Gasteiger partial charge in [-0.1, -0.05) is 32.1 Å². The molecule has 94 valence electrons. The number of rotatable bonds is 5. The number of aliphatic hydroxyl groups is 1. The molecule has 17 heavy (non-hydrogen) atoms. The number of phenols is 1. The second kappa shape index (κ2) is 6.45. The molecule has 0 saturated carbocycles. The van der Waals surface area contributed by atoms with Crippen LogP contribution >= 0.6 is 0 Å². The Hall–Kier alpha value is -1.28. The van der Waals surface area contributed by atoms with Crippen LogP contribution in [0.3, 0.4) is 0 Å². The van der Waals surface area contributed by atoms with Gasteiger partial charge in [0.05, 0.1) is 6.61 Å². The molecule has 2 nitrogen and oxygen atoms in total. The highest BCUT2D eigenvalue weighted by Crippen LogP contribution is 2.26. The molecule has 0 atom stereocenters. The zero-order valence-corrected chi connectivity index (χ0v) is 10.9. The molecule has 0 aliphatic carbocycles. The van der Waals surface area contributed by atoms with Crippen molar-refractivity contribution >= 4 is 5.57 Å². The quantitative estimate of drug-likeness (QED) is 0.815. The van der Waals surface area contributed by atoms with Crippen LogP contribution < -0.4 is 0 Å². The summed E-state index contributed by atoms with van der Waals surface area (Å²) >= 11 is 0. The minimum atomic E-state index is -0.0377. The first-order chi connectivity index (χ1) is 8.04. The third kappa shape index (κ3) is 4.23. The van der Waals surface area contributed by atoms with Gasteiger partial charge in [0.15, 0.2) is 0 Å². The fourth-order valence-electron chi connectivity index (χ4n) is 1.75. The fourth-order valence-corrected chi connectivity index (χ4v) is 1.75. The van der Waals surface area contributed by atoms with Gasteiger partial charge in [-0.3, -0.25) is 0 Å². The van der Waals surface area contributed by atoms with Gasteiger partial charge < -0.3 is 10.2 Å². The molecule has 0 bridgehead atoms. The summed E-state index contributed by atoms with van der Waals surface area (Å²) in [6.45, 7) is 6.38. The number of benzene rings is 1. The van der Waals surface area contributed by atoms with Crippen molar-refractivity contribution in [3.8, 4) is 5.75 Å². The van der Waals surface area contributed by atoms with E-state index >= 15 is 0 Å². The molecule has 0 saturated heterocycles. The second-order valence-electron chi connectivity index (χ2n) is 4.87. The van der Waals surface area contributed by atoms with Crippen molar-refractivity contribution in [1.82, 2.24) is 0 Å². The smallest absolute Gasteiger partial charge is 0.123 e. The summed E-state index contributed by atoms with van der Waals surface area (Å²) in [5.74, 6) is 0.944. The molecule has 0 unspecified atom stereocenters. The molecule has 1 aromatic rings. The summed E-state index contributed by atoms with van der Waals surface area (Å²) < 4.78 is 0. The maximum Gasteiger partial charge on any atom is 0.123 e. The van der Waals surface area contributed by atoms with Crippen molar-refractivity contribution in [2.45, 2.75) is 40.2 Å². The second-order valence-corrected chi connectivity index (χ2v) is 4.87. The molecule has 2 N–H and O–H groups in total. The average molecular weight is 234 g/mol. The van der Waals surface area contributed by atoms with Crippen LogP contribution in [0.25, 0.3) is 5.57 Å². The first-order valence-electron chi connectivity index (χ1n) is 6.14. The molecule has 0 aliphatic heterocycles. The molecule has 2 heteroatoms. The Morgan fingerprint density at radius 1 is 1.35 bits per heavy atom. The van der Waals surface area contributed by atoms with E-state index < -0.39 is 0 Å². The van der Waals surface area contributed by atoms with Crippen molar-refractivity contribution in [1.29, 1.82) is 0 Å². The van der Waals surface area contributed by atoms with Crippen molar-refractivity contribution < 1.29 is 10.2 Å². The standard InChI is InChI=1S/C15H22O2/c1-11(2)5-4-6-12(3)14-8-7-13(10-16)9-15(14)17/h6-9,11,16-17H,4-5,10H2,1-3H3/b12-6+. The van der Waals surface area contributed by atoms with Crippen molar-refractivity contribution in [3.63, 3.8) is 0 Å². The van der Waals surface area contributed by atoms with E-state index in [1.54, 1.807) is 6.07 Å². The third-order valence-electron chi connectivity index (χ3n) is 2.86. The van der Waals surface area contributed by atoms with Crippen molar-refractivity contribution in [2.75, 3.05) is 0 Å². The van der Waals surface area contributed by atoms with Crippen LogP contribution in [0.1, 0.15) is 44.7 Å². The minimum absolute atomic E-state index is 0.0377. The molecule has 0 fully saturated rings. The number of hydrogen-bond acceptors (Lipinski definition) is 2. The molecular formula is C15H22O2. The zero-order valence-electron chi connectivity index (χ0n) is 10.9. The number of aliphatic hydroxyl groups excluding tert-OH is 1. The van der Waals surface area contributed by atoms with Gasteiger partial charge in [-0.05, 0) is 42.9 Å². The zero-order chi connectivity index (χ0) is 12.8. The van der Waals surface area contributed by atoms with Crippen molar-refractivity contribution in [3.05, 3.63) is 35.4 Å². The van der Waals surface area contributed by atoms with Crippen LogP contribution in [0.5, 0.6) is 5.75 Å². The summed E-state index contributed by atoms with van der Waals surface area (Å²) in [4.78, 5) is 0. The molecule has 1 rings (SSSR count). The van der Waals surface area contributed by atoms with E-state index in [1.165, 1.54) is 0 Å². The maximum absolute atomic E-state index is 9.85. The molecule has 0 aliphatic rings. The summed E-state index contributed by atoms with van der Waals surface area (Å²) in [6, 6.07) is 5.33. The lowest BCUT2D eigenvalue weighted by atomic mass is 10.0. The highest BCUT2D eigenvalue weighted by Gasteiger charge is 2.04. The number of phenolic OH excluding ortho intramolecular Hbond substituents is 1. The summed E-state index contributed by atoms with van der Waals surface area (Å²) in [5, 5.41) is 18.8. The highest BCUT2D eigenvalue weighted by atomic mass is 16.3. The maximum atomic E-state index is 9.85. The Kier molecular flexibility index (Phi) is 5.23. The third-order valence-corrected chi connectivity index (χ3v) is 2.86. The molecule has 0 amide bonds. The average Bonchev–Trinajstić information content (AvgIpc) is 2.28. The van der Waals surface area contributed by atoms with Crippen LogP contribution in [-0.2, 0) is 6.61 Å². The molecule has 1 aromatic carbocycles. The predicted molar refractivity (Wildman–Crippen MR) is 71.8 cm³/mol. The van der Waals surface area contributed by atoms with E-state index in [9.17, 15) is 5.11 Å². The van der Waals surface area contributed by atoms with Gasteiger partial charge in [0, 0.05) is 5.56 Å². The Morgan fingerprint density at radius 3 is 2.59 bits per heavy atom. The van der Waals surface area contributed by atoms with E-state index in [2.05, 4.69) is 19.9 Å². The van der Waals surface area contributed by atoms with Gasteiger partial charge in [0.25, 0.3) is 0 Å². The largest absolute Gasteiger partial charge is 0.507 e. The first-order valence-corrected chi connectivity index (χ1v) is 6.14. The highest BCUT2D eigenvalue weighted by molar-refractivity contribution is 5.69. The summed E-state index contributed by atoms with van der Waals surface area (Å²) in [7, 11) is 0. The minimum Gasteiger partial charge on any atom is -0.507 e. The van der Waals surface area contributed by atoms with E-state index in [4.69, 9.17) is 5.11 Å². The molecule has 0 radical (unpaired) electrons. The van der Waals surface area contributed by atoms with Crippen LogP contribution in [0, 0.1) is 5.92 Å². The number of hydrogen-bond donors (Lipinski definition) is 2. The fraction of sp³-hybridized carbons (Fsp3) is 0.467. The normalized spacial score (nSPS) is 12.2. The van der Waals surface area contributed by atoms with Gasteiger partial charge >= 0.3 is 0 Å². The van der Waals surface area contributed by atoms with Crippen LogP contribution in [0.2, 0.25) is 0 Å². The lowest BCUT2D eigenvalue weighted by molar-refractivity contribution is 0.281. The van der Waals surface area contributed by atoms with E-state index in [0.29, 0.717) is 5.92 Å².